The second-order valence-electron chi connectivity index (χ2n) is 7.65. The summed E-state index contributed by atoms with van der Waals surface area (Å²) in [5, 5.41) is 21.5. The van der Waals surface area contributed by atoms with Crippen LogP contribution < -0.4 is 19.1 Å². The summed E-state index contributed by atoms with van der Waals surface area (Å²) < 4.78 is 15.9. The number of phenols is 1. The monoisotopic (exact) mass is 479 g/mol. The molecule has 9 heteroatoms. The number of hydrogen-bond donors (Lipinski definition) is 2. The van der Waals surface area contributed by atoms with Crippen LogP contribution in [0.4, 0.5) is 5.69 Å². The van der Waals surface area contributed by atoms with Gasteiger partial charge in [0.15, 0.2) is 11.5 Å². The van der Waals surface area contributed by atoms with E-state index in [-0.39, 0.29) is 34.5 Å². The third-order valence-corrected chi connectivity index (χ3v) is 5.99. The number of amides is 1. The zero-order chi connectivity index (χ0) is 24.0. The Morgan fingerprint density at radius 3 is 2.59 bits per heavy atom. The molecule has 2 aliphatic heterocycles. The molecule has 2 heterocycles. The predicted octanol–water partition coefficient (Wildman–Crippen LogP) is 4.41. The van der Waals surface area contributed by atoms with Crippen molar-refractivity contribution in [1.82, 2.24) is 0 Å². The molecule has 172 valence electrons. The van der Waals surface area contributed by atoms with E-state index in [1.807, 2.05) is 0 Å². The molecule has 3 aromatic carbocycles. The van der Waals surface area contributed by atoms with E-state index in [4.69, 9.17) is 25.8 Å². The number of ether oxygens (including phenoxy) is 3. The van der Waals surface area contributed by atoms with Crippen LogP contribution in [0.1, 0.15) is 17.2 Å². The Morgan fingerprint density at radius 2 is 1.85 bits per heavy atom. The lowest BCUT2D eigenvalue weighted by atomic mass is 9.95. The summed E-state index contributed by atoms with van der Waals surface area (Å²) in [5.41, 5.74) is 0.890. The van der Waals surface area contributed by atoms with Gasteiger partial charge in [-0.05, 0) is 54.1 Å². The zero-order valence-corrected chi connectivity index (χ0v) is 18.6. The Morgan fingerprint density at radius 1 is 1.06 bits per heavy atom. The fourth-order valence-corrected chi connectivity index (χ4v) is 4.37. The third kappa shape index (κ3) is 3.48. The fourth-order valence-electron chi connectivity index (χ4n) is 4.11. The second kappa shape index (κ2) is 8.31. The van der Waals surface area contributed by atoms with Gasteiger partial charge in [-0.1, -0.05) is 23.7 Å². The van der Waals surface area contributed by atoms with Gasteiger partial charge in [0.25, 0.3) is 11.7 Å². The SMILES string of the molecule is COc1ccc(N2C(=O)C(=O)/C(=C(\O)c3ccc4c(c3)OCO4)C2c2cccc(O)c2)cc1Cl. The van der Waals surface area contributed by atoms with Crippen molar-refractivity contribution in [3.8, 4) is 23.0 Å². The van der Waals surface area contributed by atoms with Gasteiger partial charge in [0.2, 0.25) is 6.79 Å². The molecule has 5 rings (SSSR count). The van der Waals surface area contributed by atoms with Crippen LogP contribution >= 0.6 is 11.6 Å². The number of rotatable bonds is 4. The summed E-state index contributed by atoms with van der Waals surface area (Å²) in [4.78, 5) is 27.7. The Labute approximate surface area is 199 Å². The number of methoxy groups -OCH3 is 1. The number of phenolic OH excluding ortho intramolecular Hbond substituents is 1. The van der Waals surface area contributed by atoms with E-state index in [1.165, 1.54) is 36.3 Å². The van der Waals surface area contributed by atoms with Crippen molar-refractivity contribution in [2.45, 2.75) is 6.04 Å². The van der Waals surface area contributed by atoms with Crippen molar-refractivity contribution in [3.05, 3.63) is 82.4 Å². The van der Waals surface area contributed by atoms with E-state index in [1.54, 1.807) is 36.4 Å². The zero-order valence-electron chi connectivity index (χ0n) is 17.8. The number of benzene rings is 3. The molecule has 34 heavy (non-hydrogen) atoms. The first kappa shape index (κ1) is 21.7. The van der Waals surface area contributed by atoms with Crippen LogP contribution in [0.2, 0.25) is 5.02 Å². The molecule has 1 atom stereocenters. The Bertz CT molecular complexity index is 1370. The maximum atomic E-state index is 13.2. The molecule has 1 unspecified atom stereocenters. The number of aromatic hydroxyl groups is 1. The fraction of sp³-hybridized carbons (Fsp3) is 0.120. The van der Waals surface area contributed by atoms with Crippen molar-refractivity contribution in [3.63, 3.8) is 0 Å². The number of hydrogen-bond acceptors (Lipinski definition) is 7. The molecule has 0 saturated carbocycles. The standard InChI is InChI=1S/C25H18ClNO7/c1-32-18-8-6-15(11-17(18)26)27-22(13-3-2-4-16(28)9-13)21(24(30)25(27)31)23(29)14-5-7-19-20(10-14)34-12-33-19/h2-11,22,28-29H,12H2,1H3/b23-21-. The van der Waals surface area contributed by atoms with Crippen molar-refractivity contribution in [2.24, 2.45) is 0 Å². The first-order valence-electron chi connectivity index (χ1n) is 10.2. The Hall–Kier alpha value is -4.17. The molecule has 0 aromatic heterocycles. The van der Waals surface area contributed by atoms with Crippen LogP contribution in [0.3, 0.4) is 0 Å². The highest BCUT2D eigenvalue weighted by atomic mass is 35.5. The molecule has 2 N–H and O–H groups in total. The number of carbonyl (C=O) groups is 2. The highest BCUT2D eigenvalue weighted by molar-refractivity contribution is 6.51. The van der Waals surface area contributed by atoms with E-state index in [0.29, 0.717) is 28.5 Å². The van der Waals surface area contributed by atoms with Crippen LogP contribution in [0.5, 0.6) is 23.0 Å². The maximum absolute atomic E-state index is 13.2. The molecule has 3 aromatic rings. The molecule has 8 nitrogen and oxygen atoms in total. The maximum Gasteiger partial charge on any atom is 0.300 e. The minimum atomic E-state index is -1.03. The largest absolute Gasteiger partial charge is 0.508 e. The average Bonchev–Trinajstić information content (AvgIpc) is 3.40. The van der Waals surface area contributed by atoms with Crippen LogP contribution in [-0.4, -0.2) is 35.8 Å². The first-order valence-corrected chi connectivity index (χ1v) is 10.6. The summed E-state index contributed by atoms with van der Waals surface area (Å²) in [6, 6.07) is 14.5. The van der Waals surface area contributed by atoms with Gasteiger partial charge in [-0.3, -0.25) is 14.5 Å². The quantitative estimate of drug-likeness (QED) is 0.324. The minimum Gasteiger partial charge on any atom is -0.508 e. The number of fused-ring (bicyclic) bond motifs is 1. The number of nitrogens with zero attached hydrogens (tertiary/aromatic N) is 1. The average molecular weight is 480 g/mol. The highest BCUT2D eigenvalue weighted by Gasteiger charge is 2.47. The summed E-state index contributed by atoms with van der Waals surface area (Å²) in [6.07, 6.45) is 0. The van der Waals surface area contributed by atoms with Crippen molar-refractivity contribution >= 4 is 34.7 Å². The van der Waals surface area contributed by atoms with E-state index in [2.05, 4.69) is 0 Å². The molecule has 1 amide bonds. The summed E-state index contributed by atoms with van der Waals surface area (Å²) in [6.45, 7) is 0.0471. The number of aliphatic hydroxyl groups is 1. The summed E-state index contributed by atoms with van der Waals surface area (Å²) >= 11 is 6.28. The molecule has 0 aliphatic carbocycles. The van der Waals surface area contributed by atoms with Gasteiger partial charge in [-0.15, -0.1) is 0 Å². The third-order valence-electron chi connectivity index (χ3n) is 5.69. The number of Topliss-reactive ketones (excluding diaryl/α,β-unsaturated/α-hetero) is 1. The van der Waals surface area contributed by atoms with Gasteiger partial charge < -0.3 is 24.4 Å². The smallest absolute Gasteiger partial charge is 0.300 e. The number of ketones is 1. The van der Waals surface area contributed by atoms with Gasteiger partial charge in [-0.2, -0.15) is 0 Å². The number of halogens is 1. The topological polar surface area (TPSA) is 106 Å². The molecule has 0 bridgehead atoms. The van der Waals surface area contributed by atoms with E-state index in [0.717, 1.165) is 0 Å². The van der Waals surface area contributed by atoms with E-state index in [9.17, 15) is 19.8 Å². The highest BCUT2D eigenvalue weighted by Crippen LogP contribution is 2.45. The van der Waals surface area contributed by atoms with Crippen LogP contribution in [0.15, 0.2) is 66.2 Å². The lowest BCUT2D eigenvalue weighted by Crippen LogP contribution is -2.29. The molecule has 1 fully saturated rings. The van der Waals surface area contributed by atoms with Crippen LogP contribution in [0.25, 0.3) is 5.76 Å². The van der Waals surface area contributed by atoms with Gasteiger partial charge in [0.05, 0.1) is 23.7 Å². The van der Waals surface area contributed by atoms with Crippen molar-refractivity contribution < 1.29 is 34.0 Å². The van der Waals surface area contributed by atoms with Crippen molar-refractivity contribution in [2.75, 3.05) is 18.8 Å². The van der Waals surface area contributed by atoms with Crippen LogP contribution in [-0.2, 0) is 9.59 Å². The number of anilines is 1. The molecular weight excluding hydrogens is 462 g/mol. The lowest BCUT2D eigenvalue weighted by molar-refractivity contribution is -0.132. The number of carbonyl (C=O) groups excluding carboxylic acids is 2. The number of aliphatic hydroxyl groups excluding tert-OH is 1. The molecular formula is C25H18ClNO7. The van der Waals surface area contributed by atoms with Crippen LogP contribution in [0, 0.1) is 0 Å². The predicted molar refractivity (Wildman–Crippen MR) is 123 cm³/mol. The molecule has 2 aliphatic rings. The molecule has 0 radical (unpaired) electrons. The molecule has 0 spiro atoms. The summed E-state index contributed by atoms with van der Waals surface area (Å²) in [5.74, 6) is -0.849. The molecule has 1 saturated heterocycles. The van der Waals surface area contributed by atoms with Gasteiger partial charge in [-0.25, -0.2) is 0 Å². The lowest BCUT2D eigenvalue weighted by Gasteiger charge is -2.26. The van der Waals surface area contributed by atoms with Crippen molar-refractivity contribution in [1.29, 1.82) is 0 Å². The normalized spacial score (nSPS) is 18.4. The first-order chi connectivity index (χ1) is 16.4. The summed E-state index contributed by atoms with van der Waals surface area (Å²) in [7, 11) is 1.46. The van der Waals surface area contributed by atoms with E-state index >= 15 is 0 Å². The van der Waals surface area contributed by atoms with Gasteiger partial charge in [0.1, 0.15) is 17.3 Å². The Kier molecular flexibility index (Phi) is 5.30. The van der Waals surface area contributed by atoms with E-state index < -0.39 is 17.7 Å². The van der Waals surface area contributed by atoms with Gasteiger partial charge in [0, 0.05) is 11.3 Å². The second-order valence-corrected chi connectivity index (χ2v) is 8.06. The van der Waals surface area contributed by atoms with Gasteiger partial charge >= 0.3 is 0 Å². The minimum absolute atomic E-state index is 0.0471. The Balaban J connectivity index is 1.70.